The number of aryl methyl sites for hydroxylation is 1. The minimum atomic E-state index is 0.417. The average molecular weight is 254 g/mol. The number of anilines is 1. The van der Waals surface area contributed by atoms with E-state index >= 15 is 0 Å². The van der Waals surface area contributed by atoms with E-state index in [1.807, 2.05) is 6.92 Å². The van der Waals surface area contributed by atoms with Crippen LogP contribution in [0.4, 0.5) is 5.82 Å². The molecule has 14 heavy (non-hydrogen) atoms. The molecule has 1 aromatic rings. The van der Waals surface area contributed by atoms with Crippen LogP contribution in [-0.4, -0.2) is 16.0 Å². The molecule has 0 amide bonds. The Hall–Kier alpha value is -0.900. The minimum Gasteiger partial charge on any atom is -0.363 e. The van der Waals surface area contributed by atoms with E-state index in [1.165, 1.54) is 0 Å². The van der Waals surface area contributed by atoms with Crippen LogP contribution in [0.15, 0.2) is 22.8 Å². The lowest BCUT2D eigenvalue weighted by atomic mass is 10.2. The van der Waals surface area contributed by atoms with Crippen molar-refractivity contribution in [3.63, 3.8) is 0 Å². The molecule has 0 saturated carbocycles. The van der Waals surface area contributed by atoms with Crippen LogP contribution in [0.25, 0.3) is 0 Å². The molecule has 1 atom stereocenters. The SMILES string of the molecule is Cc1ncc(Br)c(NC2C=CCC2)n1. The number of aromatic nitrogens is 2. The van der Waals surface area contributed by atoms with Gasteiger partial charge in [-0.15, -0.1) is 0 Å². The lowest BCUT2D eigenvalue weighted by Gasteiger charge is -2.12. The van der Waals surface area contributed by atoms with Gasteiger partial charge in [-0.1, -0.05) is 12.2 Å². The quantitative estimate of drug-likeness (QED) is 0.824. The summed E-state index contributed by atoms with van der Waals surface area (Å²) in [5.74, 6) is 1.67. The van der Waals surface area contributed by atoms with Crippen LogP contribution in [0.2, 0.25) is 0 Å². The van der Waals surface area contributed by atoms with Crippen LogP contribution in [-0.2, 0) is 0 Å². The fourth-order valence-corrected chi connectivity index (χ4v) is 1.79. The number of allylic oxidation sites excluding steroid dienone is 1. The highest BCUT2D eigenvalue weighted by atomic mass is 79.9. The molecule has 1 heterocycles. The van der Waals surface area contributed by atoms with Crippen molar-refractivity contribution in [3.05, 3.63) is 28.6 Å². The van der Waals surface area contributed by atoms with Crippen LogP contribution in [0.5, 0.6) is 0 Å². The molecular weight excluding hydrogens is 242 g/mol. The van der Waals surface area contributed by atoms with Gasteiger partial charge in [-0.2, -0.15) is 0 Å². The van der Waals surface area contributed by atoms with E-state index in [2.05, 4.69) is 43.4 Å². The smallest absolute Gasteiger partial charge is 0.144 e. The molecule has 1 aromatic heterocycles. The zero-order valence-electron chi connectivity index (χ0n) is 8.00. The van der Waals surface area contributed by atoms with E-state index in [4.69, 9.17) is 0 Å². The molecule has 0 bridgehead atoms. The second-order valence-corrected chi connectivity index (χ2v) is 4.22. The first-order chi connectivity index (χ1) is 6.75. The van der Waals surface area contributed by atoms with Gasteiger partial charge in [0.1, 0.15) is 11.6 Å². The Morgan fingerprint density at radius 2 is 2.43 bits per heavy atom. The zero-order valence-corrected chi connectivity index (χ0v) is 9.58. The summed E-state index contributed by atoms with van der Waals surface area (Å²) in [6.07, 6.45) is 8.46. The largest absolute Gasteiger partial charge is 0.363 e. The summed E-state index contributed by atoms with van der Waals surface area (Å²) < 4.78 is 0.920. The molecule has 0 saturated heterocycles. The van der Waals surface area contributed by atoms with E-state index in [0.29, 0.717) is 6.04 Å². The van der Waals surface area contributed by atoms with Crippen LogP contribution >= 0.6 is 15.9 Å². The van der Waals surface area contributed by atoms with Gasteiger partial charge in [0.15, 0.2) is 0 Å². The van der Waals surface area contributed by atoms with Gasteiger partial charge in [-0.3, -0.25) is 0 Å². The van der Waals surface area contributed by atoms with Gasteiger partial charge in [0.25, 0.3) is 0 Å². The third kappa shape index (κ3) is 2.12. The lowest BCUT2D eigenvalue weighted by Crippen LogP contribution is -2.15. The van der Waals surface area contributed by atoms with E-state index in [0.717, 1.165) is 29.0 Å². The van der Waals surface area contributed by atoms with Crippen molar-refractivity contribution in [2.45, 2.75) is 25.8 Å². The average Bonchev–Trinajstić information content (AvgIpc) is 2.64. The Morgan fingerprint density at radius 1 is 1.57 bits per heavy atom. The maximum Gasteiger partial charge on any atom is 0.144 e. The van der Waals surface area contributed by atoms with Crippen LogP contribution < -0.4 is 5.32 Å². The van der Waals surface area contributed by atoms with E-state index in [-0.39, 0.29) is 0 Å². The summed E-state index contributed by atoms with van der Waals surface area (Å²) in [6.45, 7) is 1.89. The summed E-state index contributed by atoms with van der Waals surface area (Å²) >= 11 is 3.43. The summed E-state index contributed by atoms with van der Waals surface area (Å²) in [6, 6.07) is 0.417. The lowest BCUT2D eigenvalue weighted by molar-refractivity contribution is 0.816. The highest BCUT2D eigenvalue weighted by molar-refractivity contribution is 9.10. The number of nitrogens with one attached hydrogen (secondary N) is 1. The Balaban J connectivity index is 2.15. The Kier molecular flexibility index (Phi) is 2.82. The molecule has 1 aliphatic rings. The van der Waals surface area contributed by atoms with Crippen molar-refractivity contribution >= 4 is 21.7 Å². The van der Waals surface area contributed by atoms with E-state index in [9.17, 15) is 0 Å². The van der Waals surface area contributed by atoms with Crippen LogP contribution in [0.3, 0.4) is 0 Å². The van der Waals surface area contributed by atoms with E-state index in [1.54, 1.807) is 6.20 Å². The van der Waals surface area contributed by atoms with Crippen molar-refractivity contribution < 1.29 is 0 Å². The summed E-state index contributed by atoms with van der Waals surface area (Å²) in [7, 11) is 0. The normalized spacial score (nSPS) is 20.0. The number of halogens is 1. The molecule has 0 radical (unpaired) electrons. The maximum atomic E-state index is 4.33. The predicted octanol–water partition coefficient (Wildman–Crippen LogP) is 2.68. The molecule has 1 N–H and O–H groups in total. The summed E-state index contributed by atoms with van der Waals surface area (Å²) in [5.41, 5.74) is 0. The summed E-state index contributed by atoms with van der Waals surface area (Å²) in [4.78, 5) is 8.43. The topological polar surface area (TPSA) is 37.8 Å². The Morgan fingerprint density at radius 3 is 3.14 bits per heavy atom. The first kappa shape index (κ1) is 9.65. The standard InChI is InChI=1S/C10H12BrN3/c1-7-12-6-9(11)10(13-7)14-8-4-2-3-5-8/h2,4,6,8H,3,5H2,1H3,(H,12,13,14). The molecule has 2 rings (SSSR count). The molecule has 1 unspecified atom stereocenters. The zero-order chi connectivity index (χ0) is 9.97. The van der Waals surface area contributed by atoms with Gasteiger partial charge in [0.2, 0.25) is 0 Å². The molecule has 74 valence electrons. The molecule has 4 heteroatoms. The fourth-order valence-electron chi connectivity index (χ4n) is 1.48. The second kappa shape index (κ2) is 4.09. The maximum absolute atomic E-state index is 4.33. The Bertz CT molecular complexity index is 362. The molecule has 0 spiro atoms. The second-order valence-electron chi connectivity index (χ2n) is 3.37. The third-order valence-corrected chi connectivity index (χ3v) is 2.78. The first-order valence-corrected chi connectivity index (χ1v) is 5.47. The van der Waals surface area contributed by atoms with Crippen molar-refractivity contribution in [1.29, 1.82) is 0 Å². The van der Waals surface area contributed by atoms with Gasteiger partial charge < -0.3 is 5.32 Å². The highest BCUT2D eigenvalue weighted by Gasteiger charge is 2.11. The van der Waals surface area contributed by atoms with Crippen LogP contribution in [0.1, 0.15) is 18.7 Å². The number of rotatable bonds is 2. The van der Waals surface area contributed by atoms with Gasteiger partial charge in [-0.05, 0) is 35.7 Å². The molecule has 0 aliphatic heterocycles. The number of hydrogen-bond acceptors (Lipinski definition) is 3. The van der Waals surface area contributed by atoms with Crippen molar-refractivity contribution in [2.24, 2.45) is 0 Å². The van der Waals surface area contributed by atoms with Crippen molar-refractivity contribution in [1.82, 2.24) is 9.97 Å². The van der Waals surface area contributed by atoms with Crippen LogP contribution in [0, 0.1) is 6.92 Å². The van der Waals surface area contributed by atoms with Crippen molar-refractivity contribution in [3.8, 4) is 0 Å². The van der Waals surface area contributed by atoms with Gasteiger partial charge in [-0.25, -0.2) is 9.97 Å². The third-order valence-electron chi connectivity index (χ3n) is 2.20. The Labute approximate surface area is 91.8 Å². The van der Waals surface area contributed by atoms with Gasteiger partial charge in [0, 0.05) is 12.2 Å². The fraction of sp³-hybridized carbons (Fsp3) is 0.400. The van der Waals surface area contributed by atoms with E-state index < -0.39 is 0 Å². The number of nitrogens with zero attached hydrogens (tertiary/aromatic N) is 2. The minimum absolute atomic E-state index is 0.417. The van der Waals surface area contributed by atoms with Crippen molar-refractivity contribution in [2.75, 3.05) is 5.32 Å². The number of hydrogen-bond donors (Lipinski definition) is 1. The molecule has 0 fully saturated rings. The predicted molar refractivity (Wildman–Crippen MR) is 60.3 cm³/mol. The molecule has 1 aliphatic carbocycles. The first-order valence-electron chi connectivity index (χ1n) is 4.68. The highest BCUT2D eigenvalue weighted by Crippen LogP contribution is 2.22. The van der Waals surface area contributed by atoms with Gasteiger partial charge in [0.05, 0.1) is 4.47 Å². The molecule has 0 aromatic carbocycles. The monoisotopic (exact) mass is 253 g/mol. The molecular formula is C10H12BrN3. The molecule has 3 nitrogen and oxygen atoms in total. The summed E-state index contributed by atoms with van der Waals surface area (Å²) in [5, 5.41) is 3.37. The van der Waals surface area contributed by atoms with Gasteiger partial charge >= 0.3 is 0 Å².